The second-order valence-corrected chi connectivity index (χ2v) is 4.30. The van der Waals surface area contributed by atoms with Gasteiger partial charge < -0.3 is 5.73 Å². The Kier molecular flexibility index (Phi) is 4.90. The SMILES string of the molecule is CCC(C)N(C)Cc1cc(CN)ccc1F. The minimum absolute atomic E-state index is 0.146. The molecule has 0 fully saturated rings. The van der Waals surface area contributed by atoms with Crippen molar-refractivity contribution in [2.75, 3.05) is 7.05 Å². The first-order valence-electron chi connectivity index (χ1n) is 5.76. The van der Waals surface area contributed by atoms with E-state index in [1.54, 1.807) is 6.07 Å². The summed E-state index contributed by atoms with van der Waals surface area (Å²) in [6.07, 6.45) is 1.06. The van der Waals surface area contributed by atoms with Gasteiger partial charge >= 0.3 is 0 Å². The van der Waals surface area contributed by atoms with Crippen LogP contribution in [0.1, 0.15) is 31.4 Å². The van der Waals surface area contributed by atoms with Crippen molar-refractivity contribution >= 4 is 0 Å². The first-order valence-corrected chi connectivity index (χ1v) is 5.76. The number of hydrogen-bond donors (Lipinski definition) is 1. The molecule has 1 aromatic rings. The first kappa shape index (κ1) is 13.1. The number of halogens is 1. The number of hydrogen-bond acceptors (Lipinski definition) is 2. The van der Waals surface area contributed by atoms with Gasteiger partial charge in [-0.15, -0.1) is 0 Å². The molecule has 0 saturated heterocycles. The van der Waals surface area contributed by atoms with Gasteiger partial charge in [0.1, 0.15) is 5.82 Å². The van der Waals surface area contributed by atoms with E-state index in [1.165, 1.54) is 6.07 Å². The molecule has 1 atom stereocenters. The largest absolute Gasteiger partial charge is 0.326 e. The van der Waals surface area contributed by atoms with Crippen LogP contribution in [0.25, 0.3) is 0 Å². The molecule has 3 heteroatoms. The molecule has 0 saturated carbocycles. The van der Waals surface area contributed by atoms with E-state index in [1.807, 2.05) is 13.1 Å². The van der Waals surface area contributed by atoms with E-state index in [4.69, 9.17) is 5.73 Å². The van der Waals surface area contributed by atoms with Crippen LogP contribution in [0.4, 0.5) is 4.39 Å². The van der Waals surface area contributed by atoms with Gasteiger partial charge in [0.2, 0.25) is 0 Å². The van der Waals surface area contributed by atoms with Gasteiger partial charge in [0, 0.05) is 24.7 Å². The van der Waals surface area contributed by atoms with Gasteiger partial charge in [-0.05, 0) is 32.0 Å². The third-order valence-corrected chi connectivity index (χ3v) is 3.11. The molecule has 1 aromatic carbocycles. The lowest BCUT2D eigenvalue weighted by Gasteiger charge is -2.23. The summed E-state index contributed by atoms with van der Waals surface area (Å²) in [5.41, 5.74) is 7.26. The van der Waals surface area contributed by atoms with Gasteiger partial charge in [-0.25, -0.2) is 4.39 Å². The van der Waals surface area contributed by atoms with Crippen LogP contribution in [-0.4, -0.2) is 18.0 Å². The second-order valence-electron chi connectivity index (χ2n) is 4.30. The van der Waals surface area contributed by atoms with Crippen LogP contribution in [0, 0.1) is 5.82 Å². The maximum Gasteiger partial charge on any atom is 0.127 e. The Labute approximate surface area is 97.3 Å². The highest BCUT2D eigenvalue weighted by Crippen LogP contribution is 2.14. The predicted molar refractivity (Wildman–Crippen MR) is 65.5 cm³/mol. The summed E-state index contributed by atoms with van der Waals surface area (Å²) in [4.78, 5) is 2.15. The first-order chi connectivity index (χ1) is 7.58. The minimum Gasteiger partial charge on any atom is -0.326 e. The lowest BCUT2D eigenvalue weighted by atomic mass is 10.1. The summed E-state index contributed by atoms with van der Waals surface area (Å²) in [6, 6.07) is 5.55. The fourth-order valence-corrected chi connectivity index (χ4v) is 1.61. The predicted octanol–water partition coefficient (Wildman–Crippen LogP) is 2.51. The highest BCUT2D eigenvalue weighted by Gasteiger charge is 2.10. The third-order valence-electron chi connectivity index (χ3n) is 3.11. The lowest BCUT2D eigenvalue weighted by molar-refractivity contribution is 0.240. The summed E-state index contributed by atoms with van der Waals surface area (Å²) < 4.78 is 13.6. The molecule has 0 aliphatic rings. The van der Waals surface area contributed by atoms with Crippen LogP contribution in [0.5, 0.6) is 0 Å². The van der Waals surface area contributed by atoms with Crippen LogP contribution >= 0.6 is 0 Å². The van der Waals surface area contributed by atoms with Crippen molar-refractivity contribution in [3.8, 4) is 0 Å². The molecule has 16 heavy (non-hydrogen) atoms. The summed E-state index contributed by atoms with van der Waals surface area (Å²) in [5.74, 6) is -0.146. The molecule has 0 heterocycles. The molecule has 0 aliphatic heterocycles. The fourth-order valence-electron chi connectivity index (χ4n) is 1.61. The quantitative estimate of drug-likeness (QED) is 0.832. The normalized spacial score (nSPS) is 13.1. The second kappa shape index (κ2) is 5.97. The smallest absolute Gasteiger partial charge is 0.127 e. The fraction of sp³-hybridized carbons (Fsp3) is 0.538. The summed E-state index contributed by atoms with van der Waals surface area (Å²) >= 11 is 0. The van der Waals surface area contributed by atoms with Crippen LogP contribution in [-0.2, 0) is 13.1 Å². The molecule has 1 unspecified atom stereocenters. The highest BCUT2D eigenvalue weighted by molar-refractivity contribution is 5.25. The molecule has 0 amide bonds. The molecular formula is C13H21FN2. The van der Waals surface area contributed by atoms with E-state index in [-0.39, 0.29) is 5.82 Å². The maximum atomic E-state index is 13.6. The number of nitrogens with two attached hydrogens (primary N) is 1. The van der Waals surface area contributed by atoms with Crippen LogP contribution < -0.4 is 5.73 Å². The van der Waals surface area contributed by atoms with E-state index in [9.17, 15) is 4.39 Å². The van der Waals surface area contributed by atoms with Crippen LogP contribution in [0.2, 0.25) is 0 Å². The zero-order chi connectivity index (χ0) is 12.1. The van der Waals surface area contributed by atoms with Crippen molar-refractivity contribution in [2.45, 2.75) is 39.4 Å². The maximum absolute atomic E-state index is 13.6. The molecule has 2 nitrogen and oxygen atoms in total. The number of benzene rings is 1. The number of nitrogens with zero attached hydrogens (tertiary/aromatic N) is 1. The Morgan fingerprint density at radius 3 is 2.69 bits per heavy atom. The average Bonchev–Trinajstić information content (AvgIpc) is 2.30. The molecule has 0 spiro atoms. The lowest BCUT2D eigenvalue weighted by Crippen LogP contribution is -2.28. The van der Waals surface area contributed by atoms with Crippen molar-refractivity contribution in [3.05, 3.63) is 35.1 Å². The third kappa shape index (κ3) is 3.29. The van der Waals surface area contributed by atoms with E-state index >= 15 is 0 Å². The van der Waals surface area contributed by atoms with E-state index in [2.05, 4.69) is 18.7 Å². The van der Waals surface area contributed by atoms with Crippen molar-refractivity contribution in [2.24, 2.45) is 5.73 Å². The molecular weight excluding hydrogens is 203 g/mol. The Balaban J connectivity index is 2.79. The highest BCUT2D eigenvalue weighted by atomic mass is 19.1. The Bertz CT molecular complexity index is 339. The topological polar surface area (TPSA) is 29.3 Å². The molecule has 0 radical (unpaired) electrons. The van der Waals surface area contributed by atoms with Gasteiger partial charge in [-0.1, -0.05) is 19.1 Å². The van der Waals surface area contributed by atoms with Crippen LogP contribution in [0.3, 0.4) is 0 Å². The standard InChI is InChI=1S/C13H21FN2/c1-4-10(2)16(3)9-12-7-11(8-15)5-6-13(12)14/h5-7,10H,4,8-9,15H2,1-3H3. The van der Waals surface area contributed by atoms with E-state index < -0.39 is 0 Å². The Morgan fingerprint density at radius 2 is 2.12 bits per heavy atom. The zero-order valence-corrected chi connectivity index (χ0v) is 10.3. The van der Waals surface area contributed by atoms with E-state index in [0.717, 1.165) is 17.5 Å². The summed E-state index contributed by atoms with van der Waals surface area (Å²) in [7, 11) is 2.02. The number of rotatable bonds is 5. The van der Waals surface area contributed by atoms with Gasteiger partial charge in [-0.2, -0.15) is 0 Å². The van der Waals surface area contributed by atoms with Gasteiger partial charge in [0.25, 0.3) is 0 Å². The van der Waals surface area contributed by atoms with E-state index in [0.29, 0.717) is 19.1 Å². The molecule has 1 rings (SSSR count). The monoisotopic (exact) mass is 224 g/mol. The minimum atomic E-state index is -0.146. The van der Waals surface area contributed by atoms with Gasteiger partial charge in [-0.3, -0.25) is 4.90 Å². The molecule has 0 aromatic heterocycles. The van der Waals surface area contributed by atoms with Crippen molar-refractivity contribution in [1.29, 1.82) is 0 Å². The van der Waals surface area contributed by atoms with Gasteiger partial charge in [0.05, 0.1) is 0 Å². The Hall–Kier alpha value is -0.930. The summed E-state index contributed by atoms with van der Waals surface area (Å²) in [6.45, 7) is 5.37. The molecule has 2 N–H and O–H groups in total. The zero-order valence-electron chi connectivity index (χ0n) is 10.3. The molecule has 0 aliphatic carbocycles. The van der Waals surface area contributed by atoms with Crippen LogP contribution in [0.15, 0.2) is 18.2 Å². The van der Waals surface area contributed by atoms with Gasteiger partial charge in [0.15, 0.2) is 0 Å². The van der Waals surface area contributed by atoms with Crippen molar-refractivity contribution in [1.82, 2.24) is 4.90 Å². The molecule has 90 valence electrons. The summed E-state index contributed by atoms with van der Waals surface area (Å²) in [5, 5.41) is 0. The van der Waals surface area contributed by atoms with Crippen molar-refractivity contribution < 1.29 is 4.39 Å². The Morgan fingerprint density at radius 1 is 1.44 bits per heavy atom. The average molecular weight is 224 g/mol. The van der Waals surface area contributed by atoms with Crippen molar-refractivity contribution in [3.63, 3.8) is 0 Å². The molecule has 0 bridgehead atoms.